The van der Waals surface area contributed by atoms with E-state index < -0.39 is 0 Å². The number of likely N-dealkylation sites (tertiary alicyclic amines) is 1. The predicted octanol–water partition coefficient (Wildman–Crippen LogP) is 0.980. The van der Waals surface area contributed by atoms with Gasteiger partial charge >= 0.3 is 6.03 Å². The topological polar surface area (TPSA) is 73.9 Å². The molecule has 7 nitrogen and oxygen atoms in total. The molecule has 3 amide bonds. The Morgan fingerprint density at radius 2 is 2.00 bits per heavy atom. The summed E-state index contributed by atoms with van der Waals surface area (Å²) in [7, 11) is 0. The summed E-state index contributed by atoms with van der Waals surface area (Å²) in [6.07, 6.45) is 0.355. The van der Waals surface area contributed by atoms with Crippen molar-refractivity contribution in [2.45, 2.75) is 25.4 Å². The van der Waals surface area contributed by atoms with Crippen LogP contribution in [0, 0.1) is 0 Å². The highest BCUT2D eigenvalue weighted by molar-refractivity contribution is 5.82. The number of carbonyl (C=O) groups excluding carboxylic acids is 2. The molecule has 1 aromatic rings. The van der Waals surface area contributed by atoms with Crippen LogP contribution in [-0.2, 0) is 9.53 Å². The summed E-state index contributed by atoms with van der Waals surface area (Å²) in [6, 6.07) is 9.64. The van der Waals surface area contributed by atoms with Gasteiger partial charge in [-0.3, -0.25) is 9.69 Å². The first-order valence-electron chi connectivity index (χ1n) is 9.32. The van der Waals surface area contributed by atoms with Crippen LogP contribution in [0.25, 0.3) is 0 Å². The van der Waals surface area contributed by atoms with E-state index >= 15 is 0 Å². The van der Waals surface area contributed by atoms with Crippen molar-refractivity contribution in [2.75, 3.05) is 45.9 Å². The Morgan fingerprint density at radius 1 is 1.27 bits per heavy atom. The van der Waals surface area contributed by atoms with Crippen LogP contribution < -0.4 is 10.6 Å². The lowest BCUT2D eigenvalue weighted by Crippen LogP contribution is -2.46. The number of nitrogens with one attached hydrogen (secondary N) is 2. The molecule has 3 rings (SSSR count). The smallest absolute Gasteiger partial charge is 0.315 e. The minimum absolute atomic E-state index is 0.0138. The number of benzene rings is 1. The van der Waals surface area contributed by atoms with Crippen LogP contribution in [0.15, 0.2) is 30.3 Å². The maximum Gasteiger partial charge on any atom is 0.315 e. The van der Waals surface area contributed by atoms with Gasteiger partial charge in [-0.15, -0.1) is 0 Å². The monoisotopic (exact) mass is 360 g/mol. The lowest BCUT2D eigenvalue weighted by Gasteiger charge is -2.26. The first kappa shape index (κ1) is 18.7. The second-order valence-corrected chi connectivity index (χ2v) is 6.89. The minimum atomic E-state index is -0.203. The second kappa shape index (κ2) is 9.00. The fraction of sp³-hybridized carbons (Fsp3) is 0.579. The molecule has 2 fully saturated rings. The number of carbonyl (C=O) groups is 2. The number of morpholine rings is 1. The first-order valence-corrected chi connectivity index (χ1v) is 9.32. The Kier molecular flexibility index (Phi) is 6.46. The SMILES string of the molecule is CC(c1ccccc1)N1CC(NC(=O)NCCN2CCOCC2)CC1=O. The van der Waals surface area contributed by atoms with Crippen molar-refractivity contribution in [2.24, 2.45) is 0 Å². The Hall–Kier alpha value is -2.12. The minimum Gasteiger partial charge on any atom is -0.379 e. The third-order valence-corrected chi connectivity index (χ3v) is 5.06. The van der Waals surface area contributed by atoms with Crippen LogP contribution in [0.5, 0.6) is 0 Å². The number of amides is 3. The molecule has 2 N–H and O–H groups in total. The van der Waals surface area contributed by atoms with E-state index in [1.165, 1.54) is 0 Å². The van der Waals surface area contributed by atoms with Gasteiger partial charge in [0, 0.05) is 39.1 Å². The predicted molar refractivity (Wildman–Crippen MR) is 98.8 cm³/mol. The molecule has 2 heterocycles. The third-order valence-electron chi connectivity index (χ3n) is 5.06. The van der Waals surface area contributed by atoms with E-state index in [9.17, 15) is 9.59 Å². The number of urea groups is 1. The molecule has 2 aliphatic rings. The molecular weight excluding hydrogens is 332 g/mol. The highest BCUT2D eigenvalue weighted by Crippen LogP contribution is 2.25. The summed E-state index contributed by atoms with van der Waals surface area (Å²) in [5.74, 6) is 0.0833. The highest BCUT2D eigenvalue weighted by Gasteiger charge is 2.33. The number of rotatable bonds is 6. The number of hydrogen-bond donors (Lipinski definition) is 2. The second-order valence-electron chi connectivity index (χ2n) is 6.89. The summed E-state index contributed by atoms with van der Waals surface area (Å²) in [5, 5.41) is 5.81. The highest BCUT2D eigenvalue weighted by atomic mass is 16.5. The van der Waals surface area contributed by atoms with Crippen molar-refractivity contribution in [3.05, 3.63) is 35.9 Å². The molecule has 0 aliphatic carbocycles. The van der Waals surface area contributed by atoms with Crippen molar-refractivity contribution in [3.8, 4) is 0 Å². The molecule has 0 aromatic heterocycles. The van der Waals surface area contributed by atoms with Gasteiger partial charge in [-0.2, -0.15) is 0 Å². The van der Waals surface area contributed by atoms with Crippen molar-refractivity contribution in [1.29, 1.82) is 0 Å². The molecule has 26 heavy (non-hydrogen) atoms. The van der Waals surface area contributed by atoms with Gasteiger partial charge in [-0.1, -0.05) is 30.3 Å². The molecule has 0 spiro atoms. The van der Waals surface area contributed by atoms with Crippen LogP contribution >= 0.6 is 0 Å². The van der Waals surface area contributed by atoms with Crippen LogP contribution in [0.3, 0.4) is 0 Å². The number of nitrogens with zero attached hydrogens (tertiary/aromatic N) is 2. The summed E-state index contributed by atoms with van der Waals surface area (Å²) in [5.41, 5.74) is 1.11. The van der Waals surface area contributed by atoms with Gasteiger partial charge in [0.05, 0.1) is 25.3 Å². The molecule has 7 heteroatoms. The molecule has 0 radical (unpaired) electrons. The van der Waals surface area contributed by atoms with Crippen LogP contribution in [0.4, 0.5) is 4.79 Å². The summed E-state index contributed by atoms with van der Waals surface area (Å²) < 4.78 is 5.31. The average Bonchev–Trinajstić information content (AvgIpc) is 3.02. The molecule has 2 saturated heterocycles. The van der Waals surface area contributed by atoms with Gasteiger partial charge < -0.3 is 20.3 Å². The summed E-state index contributed by atoms with van der Waals surface area (Å²) in [6.45, 7) is 7.31. The van der Waals surface area contributed by atoms with Gasteiger partial charge in [0.25, 0.3) is 0 Å². The maximum absolute atomic E-state index is 12.3. The van der Waals surface area contributed by atoms with Gasteiger partial charge in [0.2, 0.25) is 5.91 Å². The van der Waals surface area contributed by atoms with E-state index in [4.69, 9.17) is 4.74 Å². The fourth-order valence-corrected chi connectivity index (χ4v) is 3.50. The molecular formula is C19H28N4O3. The lowest BCUT2D eigenvalue weighted by molar-refractivity contribution is -0.129. The zero-order chi connectivity index (χ0) is 18.4. The Bertz CT molecular complexity index is 604. The molecule has 0 bridgehead atoms. The molecule has 2 unspecified atom stereocenters. The largest absolute Gasteiger partial charge is 0.379 e. The Balaban J connectivity index is 1.41. The lowest BCUT2D eigenvalue weighted by atomic mass is 10.1. The van der Waals surface area contributed by atoms with E-state index in [1.807, 2.05) is 42.2 Å². The fourth-order valence-electron chi connectivity index (χ4n) is 3.50. The van der Waals surface area contributed by atoms with Crippen LogP contribution in [0.1, 0.15) is 24.9 Å². The molecule has 1 aromatic carbocycles. The Labute approximate surface area is 154 Å². The maximum atomic E-state index is 12.3. The van der Waals surface area contributed by atoms with E-state index in [0.29, 0.717) is 19.5 Å². The standard InChI is InChI=1S/C19H28N4O3/c1-15(16-5-3-2-4-6-16)23-14-17(13-18(23)24)21-19(25)20-7-8-22-9-11-26-12-10-22/h2-6,15,17H,7-14H2,1H3,(H2,20,21,25). The van der Waals surface area contributed by atoms with E-state index in [0.717, 1.165) is 38.4 Å². The molecule has 2 atom stereocenters. The molecule has 142 valence electrons. The number of ether oxygens (including phenoxy) is 1. The van der Waals surface area contributed by atoms with E-state index in [-0.39, 0.29) is 24.0 Å². The van der Waals surface area contributed by atoms with Gasteiger partial charge in [-0.05, 0) is 12.5 Å². The first-order chi connectivity index (χ1) is 12.6. The Morgan fingerprint density at radius 3 is 2.73 bits per heavy atom. The van der Waals surface area contributed by atoms with Crippen LogP contribution in [-0.4, -0.2) is 73.7 Å². The van der Waals surface area contributed by atoms with Crippen molar-refractivity contribution < 1.29 is 14.3 Å². The third kappa shape index (κ3) is 4.95. The molecule has 0 saturated carbocycles. The van der Waals surface area contributed by atoms with Crippen molar-refractivity contribution in [3.63, 3.8) is 0 Å². The number of hydrogen-bond acceptors (Lipinski definition) is 4. The normalized spacial score (nSPS) is 22.3. The van der Waals surface area contributed by atoms with E-state index in [2.05, 4.69) is 15.5 Å². The summed E-state index contributed by atoms with van der Waals surface area (Å²) in [4.78, 5) is 28.5. The average molecular weight is 360 g/mol. The van der Waals surface area contributed by atoms with Gasteiger partial charge in [-0.25, -0.2) is 4.79 Å². The quantitative estimate of drug-likeness (QED) is 0.793. The summed E-state index contributed by atoms with van der Waals surface area (Å²) >= 11 is 0. The van der Waals surface area contributed by atoms with Crippen molar-refractivity contribution >= 4 is 11.9 Å². The van der Waals surface area contributed by atoms with Gasteiger partial charge in [0.1, 0.15) is 0 Å². The van der Waals surface area contributed by atoms with Gasteiger partial charge in [0.15, 0.2) is 0 Å². The zero-order valence-electron chi connectivity index (χ0n) is 15.3. The molecule has 2 aliphatic heterocycles. The zero-order valence-corrected chi connectivity index (χ0v) is 15.3. The van der Waals surface area contributed by atoms with Crippen molar-refractivity contribution in [1.82, 2.24) is 20.4 Å². The van der Waals surface area contributed by atoms with E-state index in [1.54, 1.807) is 0 Å². The van der Waals surface area contributed by atoms with Crippen LogP contribution in [0.2, 0.25) is 0 Å².